The van der Waals surface area contributed by atoms with Crippen molar-refractivity contribution >= 4 is 11.9 Å². The molecule has 0 aliphatic heterocycles. The third-order valence-corrected chi connectivity index (χ3v) is 3.45. The molecule has 0 unspecified atom stereocenters. The van der Waals surface area contributed by atoms with Gasteiger partial charge in [0.2, 0.25) is 0 Å². The van der Waals surface area contributed by atoms with E-state index in [1.165, 1.54) is 13.5 Å². The van der Waals surface area contributed by atoms with Crippen LogP contribution in [0, 0.1) is 0 Å². The third-order valence-electron chi connectivity index (χ3n) is 3.45. The zero-order valence-corrected chi connectivity index (χ0v) is 15.2. The van der Waals surface area contributed by atoms with Crippen LogP contribution in [-0.4, -0.2) is 52.4 Å². The Morgan fingerprint density at radius 1 is 0.957 bits per heavy atom. The highest BCUT2D eigenvalue weighted by Crippen LogP contribution is 2.03. The Labute approximate surface area is 141 Å². The van der Waals surface area contributed by atoms with Gasteiger partial charge in [-0.2, -0.15) is 0 Å². The van der Waals surface area contributed by atoms with Crippen molar-refractivity contribution in [1.82, 2.24) is 10.6 Å². The van der Waals surface area contributed by atoms with Gasteiger partial charge in [0.25, 0.3) is 0 Å². The summed E-state index contributed by atoms with van der Waals surface area (Å²) in [7, 11) is 3.21. The standard InChI is InChI=1S/C17H35N3O3/c1-4-5-14-23-15-10-13-20-17(18-2)19-12-9-7-6-8-11-16(21)22-3/h4-15H2,1-3H3,(H2,18,19,20). The Balaban J connectivity index is 3.40. The van der Waals surface area contributed by atoms with Crippen molar-refractivity contribution in [2.24, 2.45) is 4.99 Å². The Bertz CT molecular complexity index is 309. The fourth-order valence-electron chi connectivity index (χ4n) is 2.01. The zero-order chi connectivity index (χ0) is 17.2. The van der Waals surface area contributed by atoms with Gasteiger partial charge in [0, 0.05) is 39.8 Å². The first-order valence-corrected chi connectivity index (χ1v) is 8.83. The molecule has 0 saturated carbocycles. The molecule has 0 spiro atoms. The number of aliphatic imine (C=N–C) groups is 1. The van der Waals surface area contributed by atoms with Crippen LogP contribution in [0.4, 0.5) is 0 Å². The number of methoxy groups -OCH3 is 1. The number of rotatable bonds is 14. The van der Waals surface area contributed by atoms with Crippen molar-refractivity contribution in [3.05, 3.63) is 0 Å². The van der Waals surface area contributed by atoms with Crippen molar-refractivity contribution in [1.29, 1.82) is 0 Å². The number of hydrogen-bond acceptors (Lipinski definition) is 4. The number of nitrogens with one attached hydrogen (secondary N) is 2. The molecule has 0 fully saturated rings. The molecule has 0 amide bonds. The molecule has 0 aliphatic carbocycles. The molecule has 0 aliphatic rings. The van der Waals surface area contributed by atoms with Crippen LogP contribution in [-0.2, 0) is 14.3 Å². The Morgan fingerprint density at radius 3 is 2.26 bits per heavy atom. The van der Waals surface area contributed by atoms with Gasteiger partial charge in [0.15, 0.2) is 5.96 Å². The van der Waals surface area contributed by atoms with Gasteiger partial charge >= 0.3 is 5.97 Å². The normalized spacial score (nSPS) is 11.3. The topological polar surface area (TPSA) is 72.0 Å². The number of unbranched alkanes of at least 4 members (excludes halogenated alkanes) is 4. The van der Waals surface area contributed by atoms with Crippen LogP contribution in [0.3, 0.4) is 0 Å². The fourth-order valence-corrected chi connectivity index (χ4v) is 2.01. The van der Waals surface area contributed by atoms with E-state index in [4.69, 9.17) is 4.74 Å². The summed E-state index contributed by atoms with van der Waals surface area (Å²) in [5, 5.41) is 6.58. The van der Waals surface area contributed by atoms with Gasteiger partial charge in [0.05, 0.1) is 7.11 Å². The van der Waals surface area contributed by atoms with Crippen molar-refractivity contribution in [3.8, 4) is 0 Å². The highest BCUT2D eigenvalue weighted by atomic mass is 16.5. The zero-order valence-electron chi connectivity index (χ0n) is 15.2. The van der Waals surface area contributed by atoms with E-state index in [2.05, 4.69) is 27.3 Å². The summed E-state index contributed by atoms with van der Waals surface area (Å²) in [4.78, 5) is 15.2. The lowest BCUT2D eigenvalue weighted by molar-refractivity contribution is -0.140. The predicted molar refractivity (Wildman–Crippen MR) is 94.8 cm³/mol. The molecular weight excluding hydrogens is 294 g/mol. The number of nitrogens with zero attached hydrogens (tertiary/aromatic N) is 1. The average Bonchev–Trinajstić information content (AvgIpc) is 2.57. The van der Waals surface area contributed by atoms with Crippen molar-refractivity contribution in [2.75, 3.05) is 40.5 Å². The molecule has 0 rings (SSSR count). The quantitative estimate of drug-likeness (QED) is 0.222. The molecule has 0 heterocycles. The summed E-state index contributed by atoms with van der Waals surface area (Å²) in [6, 6.07) is 0. The molecule has 6 nitrogen and oxygen atoms in total. The predicted octanol–water partition coefficient (Wildman–Crippen LogP) is 2.48. The van der Waals surface area contributed by atoms with E-state index in [9.17, 15) is 4.79 Å². The van der Waals surface area contributed by atoms with Crippen molar-refractivity contribution in [2.45, 2.75) is 58.3 Å². The molecule has 0 bridgehead atoms. The van der Waals surface area contributed by atoms with Gasteiger partial charge in [0.1, 0.15) is 0 Å². The maximum absolute atomic E-state index is 11.0. The van der Waals surface area contributed by atoms with Gasteiger partial charge in [-0.15, -0.1) is 0 Å². The smallest absolute Gasteiger partial charge is 0.305 e. The lowest BCUT2D eigenvalue weighted by Gasteiger charge is -2.11. The second-order valence-corrected chi connectivity index (χ2v) is 5.49. The van der Waals surface area contributed by atoms with Gasteiger partial charge in [-0.05, 0) is 25.7 Å². The van der Waals surface area contributed by atoms with Gasteiger partial charge in [-0.3, -0.25) is 9.79 Å². The molecule has 2 N–H and O–H groups in total. The van der Waals surface area contributed by atoms with Gasteiger partial charge in [-0.1, -0.05) is 26.2 Å². The summed E-state index contributed by atoms with van der Waals surface area (Å²) < 4.78 is 10.1. The Morgan fingerprint density at radius 2 is 1.61 bits per heavy atom. The largest absolute Gasteiger partial charge is 0.469 e. The van der Waals surface area contributed by atoms with Crippen LogP contribution in [0.15, 0.2) is 4.99 Å². The Kier molecular flexibility index (Phi) is 16.1. The molecular formula is C17H35N3O3. The van der Waals surface area contributed by atoms with Crippen molar-refractivity contribution < 1.29 is 14.3 Å². The van der Waals surface area contributed by atoms with Crippen LogP contribution in [0.5, 0.6) is 0 Å². The molecule has 0 atom stereocenters. The minimum absolute atomic E-state index is 0.119. The van der Waals surface area contributed by atoms with E-state index in [0.717, 1.165) is 70.8 Å². The van der Waals surface area contributed by atoms with E-state index in [1.807, 2.05) is 0 Å². The summed E-state index contributed by atoms with van der Waals surface area (Å²) in [6.07, 6.45) is 7.95. The number of esters is 1. The minimum Gasteiger partial charge on any atom is -0.469 e. The summed E-state index contributed by atoms with van der Waals surface area (Å²) in [5.74, 6) is 0.722. The van der Waals surface area contributed by atoms with Crippen LogP contribution < -0.4 is 10.6 Å². The third kappa shape index (κ3) is 15.4. The number of hydrogen-bond donors (Lipinski definition) is 2. The monoisotopic (exact) mass is 329 g/mol. The maximum atomic E-state index is 11.0. The summed E-state index contributed by atoms with van der Waals surface area (Å²) >= 11 is 0. The molecule has 0 aromatic heterocycles. The molecule has 136 valence electrons. The van der Waals surface area contributed by atoms with Crippen LogP contribution in [0.1, 0.15) is 58.3 Å². The first-order chi connectivity index (χ1) is 11.2. The lowest BCUT2D eigenvalue weighted by Crippen LogP contribution is -2.38. The van der Waals surface area contributed by atoms with E-state index in [0.29, 0.717) is 6.42 Å². The van der Waals surface area contributed by atoms with Gasteiger partial charge in [-0.25, -0.2) is 0 Å². The SMILES string of the molecule is CCCCOCCCNC(=NC)NCCCCCCC(=O)OC. The number of carbonyl (C=O) groups excluding carboxylic acids is 1. The first kappa shape index (κ1) is 21.7. The molecule has 0 aromatic carbocycles. The molecule has 6 heteroatoms. The van der Waals surface area contributed by atoms with Crippen LogP contribution >= 0.6 is 0 Å². The van der Waals surface area contributed by atoms with E-state index in [-0.39, 0.29) is 5.97 Å². The Hall–Kier alpha value is -1.30. The fraction of sp³-hybridized carbons (Fsp3) is 0.882. The lowest BCUT2D eigenvalue weighted by atomic mass is 10.1. The van der Waals surface area contributed by atoms with Gasteiger partial charge < -0.3 is 20.1 Å². The van der Waals surface area contributed by atoms with Crippen LogP contribution in [0.25, 0.3) is 0 Å². The minimum atomic E-state index is -0.119. The highest BCUT2D eigenvalue weighted by Gasteiger charge is 2.00. The van der Waals surface area contributed by atoms with Crippen LogP contribution in [0.2, 0.25) is 0 Å². The average molecular weight is 329 g/mol. The number of ether oxygens (including phenoxy) is 2. The number of guanidine groups is 1. The second-order valence-electron chi connectivity index (χ2n) is 5.49. The summed E-state index contributed by atoms with van der Waals surface area (Å²) in [6.45, 7) is 5.58. The van der Waals surface area contributed by atoms with E-state index >= 15 is 0 Å². The first-order valence-electron chi connectivity index (χ1n) is 8.83. The molecule has 0 radical (unpaired) electrons. The van der Waals surface area contributed by atoms with Crippen molar-refractivity contribution in [3.63, 3.8) is 0 Å². The van der Waals surface area contributed by atoms with E-state index < -0.39 is 0 Å². The maximum Gasteiger partial charge on any atom is 0.305 e. The molecule has 23 heavy (non-hydrogen) atoms. The molecule has 0 saturated heterocycles. The molecule has 0 aromatic rings. The highest BCUT2D eigenvalue weighted by molar-refractivity contribution is 5.79. The number of carbonyl (C=O) groups is 1. The summed E-state index contributed by atoms with van der Waals surface area (Å²) in [5.41, 5.74) is 0. The second kappa shape index (κ2) is 17.1. The van der Waals surface area contributed by atoms with E-state index in [1.54, 1.807) is 7.05 Å².